The van der Waals surface area contributed by atoms with Gasteiger partial charge in [0.05, 0.1) is 0 Å². The lowest BCUT2D eigenvalue weighted by atomic mass is 10.4. The zero-order valence-electron chi connectivity index (χ0n) is 9.91. The second kappa shape index (κ2) is 7.22. The van der Waals surface area contributed by atoms with Crippen LogP contribution in [0.25, 0.3) is 6.08 Å². The Hall–Kier alpha value is -1.44. The van der Waals surface area contributed by atoms with Gasteiger partial charge in [-0.1, -0.05) is 35.2 Å². The van der Waals surface area contributed by atoms with Crippen LogP contribution < -0.4 is 5.32 Å². The van der Waals surface area contributed by atoms with Crippen LogP contribution in [0.1, 0.15) is 4.88 Å². The second-order valence-electron chi connectivity index (χ2n) is 3.31. The number of aromatic nitrogens is 2. The zero-order valence-corrected chi connectivity index (χ0v) is 12.4. The molecule has 2 heterocycles. The number of nitrogens with zero attached hydrogens (tertiary/aromatic N) is 2. The molecule has 2 aromatic rings. The van der Waals surface area contributed by atoms with E-state index in [0.717, 1.165) is 15.0 Å². The van der Waals surface area contributed by atoms with Crippen molar-refractivity contribution >= 4 is 51.6 Å². The largest absolute Gasteiger partial charge is 0.297 e. The minimum Gasteiger partial charge on any atom is -0.297 e. The van der Waals surface area contributed by atoms with Crippen LogP contribution in [0.2, 0.25) is 0 Å². The van der Waals surface area contributed by atoms with Crippen molar-refractivity contribution in [1.29, 1.82) is 0 Å². The standard InChI is InChI=1S/C12H11N3OS3/c1-2-7-18-12-15-14-11(19-12)13-10(16)6-5-9-4-3-8-17-9/h2-6,8H,1,7H2,(H,13,14,16). The Labute approximate surface area is 123 Å². The molecule has 2 rings (SSSR count). The molecule has 2 aromatic heterocycles. The van der Waals surface area contributed by atoms with Crippen LogP contribution in [-0.2, 0) is 4.79 Å². The Kier molecular flexibility index (Phi) is 5.31. The van der Waals surface area contributed by atoms with Crippen molar-refractivity contribution in [2.45, 2.75) is 4.34 Å². The van der Waals surface area contributed by atoms with E-state index in [1.165, 1.54) is 29.2 Å². The van der Waals surface area contributed by atoms with Crippen molar-refractivity contribution in [1.82, 2.24) is 10.2 Å². The molecule has 0 saturated carbocycles. The molecular formula is C12H11N3OS3. The predicted molar refractivity (Wildman–Crippen MR) is 82.8 cm³/mol. The molecule has 1 amide bonds. The van der Waals surface area contributed by atoms with Crippen LogP contribution in [0.4, 0.5) is 5.13 Å². The maximum absolute atomic E-state index is 11.7. The van der Waals surface area contributed by atoms with Gasteiger partial charge in [-0.05, 0) is 17.5 Å². The second-order valence-corrected chi connectivity index (χ2v) is 6.53. The van der Waals surface area contributed by atoms with Crippen LogP contribution in [0, 0.1) is 0 Å². The summed E-state index contributed by atoms with van der Waals surface area (Å²) in [7, 11) is 0. The summed E-state index contributed by atoms with van der Waals surface area (Å²) in [5, 5.41) is 13.0. The number of carbonyl (C=O) groups is 1. The van der Waals surface area contributed by atoms with E-state index in [-0.39, 0.29) is 5.91 Å². The molecule has 98 valence electrons. The van der Waals surface area contributed by atoms with Gasteiger partial charge in [-0.3, -0.25) is 10.1 Å². The SMILES string of the molecule is C=CCSc1nnc(NC(=O)C=Cc2cccs2)s1. The number of carbonyl (C=O) groups excluding carboxylic acids is 1. The van der Waals surface area contributed by atoms with Crippen molar-refractivity contribution < 1.29 is 4.79 Å². The fourth-order valence-corrected chi connectivity index (χ4v) is 3.27. The van der Waals surface area contributed by atoms with E-state index < -0.39 is 0 Å². The molecule has 0 spiro atoms. The number of hydrogen-bond acceptors (Lipinski definition) is 6. The third-order valence-electron chi connectivity index (χ3n) is 1.90. The van der Waals surface area contributed by atoms with Gasteiger partial charge in [0, 0.05) is 16.7 Å². The van der Waals surface area contributed by atoms with Gasteiger partial charge in [0.1, 0.15) is 0 Å². The van der Waals surface area contributed by atoms with Crippen LogP contribution in [0.5, 0.6) is 0 Å². The normalized spacial score (nSPS) is 10.7. The highest BCUT2D eigenvalue weighted by molar-refractivity contribution is 8.01. The molecule has 0 aliphatic rings. The molecule has 0 unspecified atom stereocenters. The Bertz CT molecular complexity index is 575. The van der Waals surface area contributed by atoms with Gasteiger partial charge in [0.15, 0.2) is 4.34 Å². The average molecular weight is 309 g/mol. The lowest BCUT2D eigenvalue weighted by molar-refractivity contribution is -0.111. The third-order valence-corrected chi connectivity index (χ3v) is 4.71. The molecule has 0 fully saturated rings. The van der Waals surface area contributed by atoms with E-state index in [2.05, 4.69) is 22.1 Å². The first kappa shape index (κ1) is 14.0. The number of amides is 1. The van der Waals surface area contributed by atoms with Gasteiger partial charge < -0.3 is 0 Å². The van der Waals surface area contributed by atoms with Gasteiger partial charge in [-0.2, -0.15) is 0 Å². The molecule has 0 aliphatic carbocycles. The molecule has 4 nitrogen and oxygen atoms in total. The van der Waals surface area contributed by atoms with Crippen molar-refractivity contribution in [3.8, 4) is 0 Å². The lowest BCUT2D eigenvalue weighted by Crippen LogP contribution is -2.07. The fourth-order valence-electron chi connectivity index (χ4n) is 1.14. The van der Waals surface area contributed by atoms with E-state index in [1.807, 2.05) is 17.5 Å². The van der Waals surface area contributed by atoms with E-state index in [9.17, 15) is 4.79 Å². The molecule has 0 bridgehead atoms. The first-order valence-electron chi connectivity index (χ1n) is 5.37. The molecule has 1 N–H and O–H groups in total. The van der Waals surface area contributed by atoms with Crippen molar-refractivity contribution in [2.75, 3.05) is 11.1 Å². The van der Waals surface area contributed by atoms with Crippen LogP contribution >= 0.6 is 34.4 Å². The molecule has 0 aromatic carbocycles. The minimum absolute atomic E-state index is 0.204. The first-order chi connectivity index (χ1) is 9.28. The Morgan fingerprint density at radius 1 is 1.53 bits per heavy atom. The van der Waals surface area contributed by atoms with Gasteiger partial charge in [0.25, 0.3) is 0 Å². The third kappa shape index (κ3) is 4.62. The number of thiophene rings is 1. The highest BCUT2D eigenvalue weighted by Crippen LogP contribution is 2.25. The highest BCUT2D eigenvalue weighted by Gasteiger charge is 2.05. The maximum Gasteiger partial charge on any atom is 0.250 e. The summed E-state index contributed by atoms with van der Waals surface area (Å²) in [6, 6.07) is 3.89. The predicted octanol–water partition coefficient (Wildman–Crippen LogP) is 3.53. The minimum atomic E-state index is -0.204. The quantitative estimate of drug-likeness (QED) is 0.384. The molecular weight excluding hydrogens is 298 g/mol. The maximum atomic E-state index is 11.7. The van der Waals surface area contributed by atoms with Crippen LogP contribution in [0.15, 0.2) is 40.6 Å². The van der Waals surface area contributed by atoms with Gasteiger partial charge in [-0.25, -0.2) is 0 Å². The summed E-state index contributed by atoms with van der Waals surface area (Å²) < 4.78 is 0.817. The smallest absolute Gasteiger partial charge is 0.250 e. The summed E-state index contributed by atoms with van der Waals surface area (Å²) >= 11 is 4.47. The van der Waals surface area contributed by atoms with Gasteiger partial charge >= 0.3 is 0 Å². The molecule has 0 radical (unpaired) electrons. The fraction of sp³-hybridized carbons (Fsp3) is 0.0833. The van der Waals surface area contributed by atoms with Crippen LogP contribution in [0.3, 0.4) is 0 Å². The molecule has 0 aliphatic heterocycles. The van der Waals surface area contributed by atoms with Crippen molar-refractivity contribution in [2.24, 2.45) is 0 Å². The summed E-state index contributed by atoms with van der Waals surface area (Å²) in [5.41, 5.74) is 0. The average Bonchev–Trinajstić information content (AvgIpc) is 3.05. The lowest BCUT2D eigenvalue weighted by Gasteiger charge is -1.93. The Morgan fingerprint density at radius 2 is 2.42 bits per heavy atom. The van der Waals surface area contributed by atoms with Gasteiger partial charge in [0.2, 0.25) is 11.0 Å². The highest BCUT2D eigenvalue weighted by atomic mass is 32.2. The summed E-state index contributed by atoms with van der Waals surface area (Å²) in [5.74, 6) is 0.575. The Balaban J connectivity index is 1.88. The van der Waals surface area contributed by atoms with E-state index in [4.69, 9.17) is 0 Å². The summed E-state index contributed by atoms with van der Waals surface area (Å²) in [6.45, 7) is 3.64. The molecule has 0 atom stereocenters. The summed E-state index contributed by atoms with van der Waals surface area (Å²) in [4.78, 5) is 12.7. The van der Waals surface area contributed by atoms with E-state index in [0.29, 0.717) is 5.13 Å². The molecule has 0 saturated heterocycles. The zero-order chi connectivity index (χ0) is 13.5. The summed E-state index contributed by atoms with van der Waals surface area (Å²) in [6.07, 6.45) is 5.06. The molecule has 19 heavy (non-hydrogen) atoms. The number of rotatable bonds is 6. The monoisotopic (exact) mass is 309 g/mol. The van der Waals surface area contributed by atoms with Crippen LogP contribution in [-0.4, -0.2) is 21.9 Å². The van der Waals surface area contributed by atoms with E-state index >= 15 is 0 Å². The van der Waals surface area contributed by atoms with Gasteiger partial charge in [-0.15, -0.1) is 28.1 Å². The van der Waals surface area contributed by atoms with Crippen molar-refractivity contribution in [3.63, 3.8) is 0 Å². The Morgan fingerprint density at radius 3 is 3.16 bits per heavy atom. The number of hydrogen-bond donors (Lipinski definition) is 1. The first-order valence-corrected chi connectivity index (χ1v) is 8.06. The molecule has 7 heteroatoms. The van der Waals surface area contributed by atoms with E-state index in [1.54, 1.807) is 23.5 Å². The topological polar surface area (TPSA) is 54.9 Å². The number of thioether (sulfide) groups is 1. The van der Waals surface area contributed by atoms with Crippen molar-refractivity contribution in [3.05, 3.63) is 41.1 Å². The number of anilines is 1. The number of nitrogens with one attached hydrogen (secondary N) is 1.